The van der Waals surface area contributed by atoms with Crippen molar-refractivity contribution in [3.8, 4) is 0 Å². The third-order valence-corrected chi connectivity index (χ3v) is 2.95. The van der Waals surface area contributed by atoms with Crippen molar-refractivity contribution >= 4 is 5.97 Å². The molecule has 1 rings (SSSR count). The van der Waals surface area contributed by atoms with Gasteiger partial charge in [0, 0.05) is 19.1 Å². The van der Waals surface area contributed by atoms with Crippen molar-refractivity contribution in [3.05, 3.63) is 0 Å². The molecule has 4 nitrogen and oxygen atoms in total. The lowest BCUT2D eigenvalue weighted by Gasteiger charge is -2.34. The molecule has 0 radical (unpaired) electrons. The summed E-state index contributed by atoms with van der Waals surface area (Å²) in [4.78, 5) is 15.7. The molecule has 1 heterocycles. The van der Waals surface area contributed by atoms with E-state index in [4.69, 9.17) is 4.74 Å². The lowest BCUT2D eigenvalue weighted by molar-refractivity contribution is -0.144. The molecule has 1 saturated heterocycles. The summed E-state index contributed by atoms with van der Waals surface area (Å²) in [6.45, 7) is 4.78. The molecule has 0 aromatic heterocycles. The SMILES string of the molecule is CCOC(=O)CN1CCC(N(C)C)CC1. The molecule has 4 heteroatoms. The van der Waals surface area contributed by atoms with E-state index in [2.05, 4.69) is 23.9 Å². The summed E-state index contributed by atoms with van der Waals surface area (Å²) in [5.74, 6) is -0.0965. The van der Waals surface area contributed by atoms with Gasteiger partial charge in [-0.05, 0) is 33.9 Å². The van der Waals surface area contributed by atoms with Gasteiger partial charge in [0.1, 0.15) is 0 Å². The molecule has 1 aliphatic heterocycles. The highest BCUT2D eigenvalue weighted by atomic mass is 16.5. The van der Waals surface area contributed by atoms with Crippen LogP contribution in [0, 0.1) is 0 Å². The molecular weight excluding hydrogens is 192 g/mol. The molecule has 0 saturated carbocycles. The van der Waals surface area contributed by atoms with Crippen LogP contribution < -0.4 is 0 Å². The molecule has 15 heavy (non-hydrogen) atoms. The minimum Gasteiger partial charge on any atom is -0.465 e. The smallest absolute Gasteiger partial charge is 0.320 e. The van der Waals surface area contributed by atoms with E-state index in [0.29, 0.717) is 19.2 Å². The van der Waals surface area contributed by atoms with Crippen molar-refractivity contribution in [2.75, 3.05) is 40.3 Å². The molecule has 88 valence electrons. The number of ether oxygens (including phenoxy) is 1. The van der Waals surface area contributed by atoms with Gasteiger partial charge in [-0.15, -0.1) is 0 Å². The van der Waals surface area contributed by atoms with Crippen molar-refractivity contribution in [2.24, 2.45) is 0 Å². The number of nitrogens with zero attached hydrogens (tertiary/aromatic N) is 2. The Kier molecular flexibility index (Phi) is 5.05. The molecule has 0 unspecified atom stereocenters. The molecule has 0 aromatic carbocycles. The summed E-state index contributed by atoms with van der Waals surface area (Å²) in [7, 11) is 4.23. The predicted molar refractivity (Wildman–Crippen MR) is 59.8 cm³/mol. The number of likely N-dealkylation sites (tertiary alicyclic amines) is 1. The van der Waals surface area contributed by atoms with Crippen LogP contribution in [0.25, 0.3) is 0 Å². The van der Waals surface area contributed by atoms with Crippen molar-refractivity contribution in [2.45, 2.75) is 25.8 Å². The van der Waals surface area contributed by atoms with Gasteiger partial charge in [0.05, 0.1) is 13.2 Å². The molecule has 1 fully saturated rings. The zero-order valence-electron chi connectivity index (χ0n) is 10.0. The Hall–Kier alpha value is -0.610. The zero-order chi connectivity index (χ0) is 11.3. The van der Waals surface area contributed by atoms with Gasteiger partial charge in [-0.2, -0.15) is 0 Å². The lowest BCUT2D eigenvalue weighted by atomic mass is 10.0. The largest absolute Gasteiger partial charge is 0.465 e. The van der Waals surface area contributed by atoms with E-state index < -0.39 is 0 Å². The minimum absolute atomic E-state index is 0.0965. The lowest BCUT2D eigenvalue weighted by Crippen LogP contribution is -2.43. The second-order valence-electron chi connectivity index (χ2n) is 4.28. The zero-order valence-corrected chi connectivity index (χ0v) is 10.0. The first-order valence-corrected chi connectivity index (χ1v) is 5.68. The summed E-state index contributed by atoms with van der Waals surface area (Å²) in [6.07, 6.45) is 2.29. The second kappa shape index (κ2) is 6.08. The number of rotatable bonds is 4. The summed E-state index contributed by atoms with van der Waals surface area (Å²) in [5, 5.41) is 0. The van der Waals surface area contributed by atoms with Gasteiger partial charge in [0.2, 0.25) is 0 Å². The van der Waals surface area contributed by atoms with E-state index in [1.807, 2.05) is 6.92 Å². The van der Waals surface area contributed by atoms with E-state index in [-0.39, 0.29) is 5.97 Å². The van der Waals surface area contributed by atoms with E-state index in [0.717, 1.165) is 25.9 Å². The number of carbonyl (C=O) groups excluding carboxylic acids is 1. The Morgan fingerprint density at radius 3 is 2.47 bits per heavy atom. The van der Waals surface area contributed by atoms with Crippen LogP contribution >= 0.6 is 0 Å². The van der Waals surface area contributed by atoms with Gasteiger partial charge in [0.25, 0.3) is 0 Å². The molecule has 0 bridgehead atoms. The highest BCUT2D eigenvalue weighted by Gasteiger charge is 2.21. The van der Waals surface area contributed by atoms with Crippen molar-refractivity contribution in [1.82, 2.24) is 9.80 Å². The molecule has 0 N–H and O–H groups in total. The number of esters is 1. The highest BCUT2D eigenvalue weighted by molar-refractivity contribution is 5.71. The van der Waals surface area contributed by atoms with E-state index >= 15 is 0 Å². The van der Waals surface area contributed by atoms with Crippen LogP contribution in [-0.2, 0) is 9.53 Å². The van der Waals surface area contributed by atoms with E-state index in [9.17, 15) is 4.79 Å². The molecule has 0 aromatic rings. The maximum Gasteiger partial charge on any atom is 0.320 e. The maximum absolute atomic E-state index is 11.3. The Morgan fingerprint density at radius 1 is 1.40 bits per heavy atom. The van der Waals surface area contributed by atoms with E-state index in [1.54, 1.807) is 0 Å². The van der Waals surface area contributed by atoms with Gasteiger partial charge >= 0.3 is 5.97 Å². The number of carbonyl (C=O) groups is 1. The standard InChI is InChI=1S/C11H22N2O2/c1-4-15-11(14)9-13-7-5-10(6-8-13)12(2)3/h10H,4-9H2,1-3H3. The third kappa shape index (κ3) is 4.18. The van der Waals surface area contributed by atoms with Crippen LogP contribution in [0.3, 0.4) is 0 Å². The van der Waals surface area contributed by atoms with Crippen molar-refractivity contribution in [3.63, 3.8) is 0 Å². The number of hydrogen-bond acceptors (Lipinski definition) is 4. The Morgan fingerprint density at radius 2 is 2.00 bits per heavy atom. The summed E-state index contributed by atoms with van der Waals surface area (Å²) in [6, 6.07) is 0.670. The Balaban J connectivity index is 2.22. The fourth-order valence-corrected chi connectivity index (χ4v) is 1.98. The van der Waals surface area contributed by atoms with Gasteiger partial charge in [-0.3, -0.25) is 9.69 Å². The fourth-order valence-electron chi connectivity index (χ4n) is 1.98. The van der Waals surface area contributed by atoms with E-state index in [1.165, 1.54) is 0 Å². The molecule has 0 spiro atoms. The average molecular weight is 214 g/mol. The fraction of sp³-hybridized carbons (Fsp3) is 0.909. The first-order valence-electron chi connectivity index (χ1n) is 5.68. The van der Waals surface area contributed by atoms with Crippen molar-refractivity contribution < 1.29 is 9.53 Å². The summed E-state index contributed by atoms with van der Waals surface area (Å²) < 4.78 is 4.93. The quantitative estimate of drug-likeness (QED) is 0.641. The Labute approximate surface area is 92.2 Å². The second-order valence-corrected chi connectivity index (χ2v) is 4.28. The monoisotopic (exact) mass is 214 g/mol. The highest BCUT2D eigenvalue weighted by Crippen LogP contribution is 2.13. The van der Waals surface area contributed by atoms with Gasteiger partial charge < -0.3 is 9.64 Å². The molecule has 0 aliphatic carbocycles. The van der Waals surface area contributed by atoms with Crippen LogP contribution in [0.2, 0.25) is 0 Å². The van der Waals surface area contributed by atoms with Crippen LogP contribution in [0.4, 0.5) is 0 Å². The Bertz CT molecular complexity index is 199. The van der Waals surface area contributed by atoms with Crippen LogP contribution in [0.1, 0.15) is 19.8 Å². The first kappa shape index (κ1) is 12.5. The summed E-state index contributed by atoms with van der Waals surface area (Å²) >= 11 is 0. The summed E-state index contributed by atoms with van der Waals surface area (Å²) in [5.41, 5.74) is 0. The molecule has 0 atom stereocenters. The van der Waals surface area contributed by atoms with Crippen LogP contribution in [0.15, 0.2) is 0 Å². The average Bonchev–Trinajstić information content (AvgIpc) is 2.18. The van der Waals surface area contributed by atoms with Crippen LogP contribution in [-0.4, -0.2) is 62.1 Å². The molecule has 1 aliphatic rings. The number of piperidine rings is 1. The normalized spacial score (nSPS) is 19.5. The minimum atomic E-state index is -0.0965. The van der Waals surface area contributed by atoms with Crippen LogP contribution in [0.5, 0.6) is 0 Å². The third-order valence-electron chi connectivity index (χ3n) is 2.95. The van der Waals surface area contributed by atoms with Gasteiger partial charge in [-0.25, -0.2) is 0 Å². The molecular formula is C11H22N2O2. The number of hydrogen-bond donors (Lipinski definition) is 0. The first-order chi connectivity index (χ1) is 7.13. The maximum atomic E-state index is 11.3. The molecule has 0 amide bonds. The van der Waals surface area contributed by atoms with Crippen molar-refractivity contribution in [1.29, 1.82) is 0 Å². The van der Waals surface area contributed by atoms with Gasteiger partial charge in [-0.1, -0.05) is 0 Å². The van der Waals surface area contributed by atoms with Gasteiger partial charge in [0.15, 0.2) is 0 Å². The predicted octanol–water partition coefficient (Wildman–Crippen LogP) is 0.575. The topological polar surface area (TPSA) is 32.8 Å².